The van der Waals surface area contributed by atoms with Crippen LogP contribution in [0.25, 0.3) is 0 Å². The number of carbonyl (C=O) groups excluding carboxylic acids is 2. The fourth-order valence-corrected chi connectivity index (χ4v) is 3.64. The lowest BCUT2D eigenvalue weighted by Crippen LogP contribution is -2.40. The predicted molar refractivity (Wildman–Crippen MR) is 104 cm³/mol. The van der Waals surface area contributed by atoms with Gasteiger partial charge in [-0.05, 0) is 57.6 Å². The SMILES string of the molecule is Cc1cc(C(=O)NC2CCC(CN(C)C(=O)c3cnnc(C)c3)CC2)cnn1. The molecule has 0 saturated heterocycles. The average molecular weight is 382 g/mol. The molecule has 0 atom stereocenters. The maximum atomic E-state index is 12.6. The molecule has 1 aliphatic rings. The van der Waals surface area contributed by atoms with Gasteiger partial charge in [-0.3, -0.25) is 9.59 Å². The molecular weight excluding hydrogens is 356 g/mol. The zero-order chi connectivity index (χ0) is 20.1. The molecule has 0 radical (unpaired) electrons. The first kappa shape index (κ1) is 19.9. The van der Waals surface area contributed by atoms with Crippen LogP contribution >= 0.6 is 0 Å². The van der Waals surface area contributed by atoms with E-state index >= 15 is 0 Å². The van der Waals surface area contributed by atoms with Crippen LogP contribution < -0.4 is 5.32 Å². The summed E-state index contributed by atoms with van der Waals surface area (Å²) in [4.78, 5) is 26.7. The number of hydrogen-bond donors (Lipinski definition) is 1. The number of rotatable bonds is 5. The lowest BCUT2D eigenvalue weighted by atomic mass is 9.85. The van der Waals surface area contributed by atoms with Crippen LogP contribution in [0.1, 0.15) is 57.8 Å². The number of carbonyl (C=O) groups is 2. The second kappa shape index (κ2) is 8.86. The molecular formula is C20H26N6O2. The minimum Gasteiger partial charge on any atom is -0.349 e. The van der Waals surface area contributed by atoms with Gasteiger partial charge in [0.25, 0.3) is 11.8 Å². The van der Waals surface area contributed by atoms with E-state index in [1.807, 2.05) is 20.9 Å². The Morgan fingerprint density at radius 2 is 1.57 bits per heavy atom. The zero-order valence-electron chi connectivity index (χ0n) is 16.6. The lowest BCUT2D eigenvalue weighted by molar-refractivity contribution is 0.0754. The van der Waals surface area contributed by atoms with Crippen molar-refractivity contribution < 1.29 is 9.59 Å². The van der Waals surface area contributed by atoms with Crippen molar-refractivity contribution in [2.45, 2.75) is 45.6 Å². The highest BCUT2D eigenvalue weighted by Gasteiger charge is 2.25. The van der Waals surface area contributed by atoms with Crippen molar-refractivity contribution in [1.82, 2.24) is 30.6 Å². The number of amides is 2. The molecule has 1 N–H and O–H groups in total. The van der Waals surface area contributed by atoms with E-state index in [9.17, 15) is 9.59 Å². The number of nitrogens with one attached hydrogen (secondary N) is 1. The fourth-order valence-electron chi connectivity index (χ4n) is 3.64. The summed E-state index contributed by atoms with van der Waals surface area (Å²) in [6.07, 6.45) is 6.77. The normalized spacial score (nSPS) is 19.1. The summed E-state index contributed by atoms with van der Waals surface area (Å²) < 4.78 is 0. The van der Waals surface area contributed by atoms with Gasteiger partial charge in [-0.25, -0.2) is 0 Å². The van der Waals surface area contributed by atoms with Crippen molar-refractivity contribution in [2.24, 2.45) is 5.92 Å². The predicted octanol–water partition coefficient (Wildman–Crippen LogP) is 1.94. The number of hydrogen-bond acceptors (Lipinski definition) is 6. The van der Waals surface area contributed by atoms with Gasteiger partial charge in [-0.15, -0.1) is 0 Å². The largest absolute Gasteiger partial charge is 0.349 e. The van der Waals surface area contributed by atoms with Crippen molar-refractivity contribution in [1.29, 1.82) is 0 Å². The molecule has 28 heavy (non-hydrogen) atoms. The highest BCUT2D eigenvalue weighted by atomic mass is 16.2. The lowest BCUT2D eigenvalue weighted by Gasteiger charge is -2.31. The first-order valence-electron chi connectivity index (χ1n) is 9.57. The summed E-state index contributed by atoms with van der Waals surface area (Å²) in [5.41, 5.74) is 2.57. The fraction of sp³-hybridized carbons (Fsp3) is 0.500. The third-order valence-electron chi connectivity index (χ3n) is 5.12. The molecule has 2 amide bonds. The summed E-state index contributed by atoms with van der Waals surface area (Å²) >= 11 is 0. The van der Waals surface area contributed by atoms with Crippen molar-refractivity contribution in [2.75, 3.05) is 13.6 Å². The van der Waals surface area contributed by atoms with E-state index in [0.29, 0.717) is 23.6 Å². The quantitative estimate of drug-likeness (QED) is 0.848. The van der Waals surface area contributed by atoms with Crippen molar-refractivity contribution >= 4 is 11.8 Å². The van der Waals surface area contributed by atoms with Gasteiger partial charge in [-0.1, -0.05) is 0 Å². The Kier molecular flexibility index (Phi) is 6.28. The van der Waals surface area contributed by atoms with Crippen LogP contribution in [-0.2, 0) is 0 Å². The molecule has 2 aromatic heterocycles. The van der Waals surface area contributed by atoms with Gasteiger partial charge in [-0.2, -0.15) is 20.4 Å². The molecule has 0 aliphatic heterocycles. The molecule has 1 fully saturated rings. The summed E-state index contributed by atoms with van der Waals surface area (Å²) in [5.74, 6) is 0.297. The molecule has 1 saturated carbocycles. The standard InChI is InChI=1S/C20H26N6O2/c1-13-8-16(10-21-24-13)19(27)23-18-6-4-15(5-7-18)12-26(3)20(28)17-9-14(2)25-22-11-17/h8-11,15,18H,4-7,12H2,1-3H3,(H,23,27). The van der Waals surface area contributed by atoms with Crippen molar-refractivity contribution in [3.05, 3.63) is 47.0 Å². The van der Waals surface area contributed by atoms with E-state index in [-0.39, 0.29) is 17.9 Å². The second-order valence-electron chi connectivity index (χ2n) is 7.55. The number of aromatic nitrogens is 4. The molecule has 2 aromatic rings. The van der Waals surface area contributed by atoms with Crippen molar-refractivity contribution in [3.8, 4) is 0 Å². The molecule has 148 valence electrons. The Balaban J connectivity index is 1.47. The summed E-state index contributed by atoms with van der Waals surface area (Å²) in [6.45, 7) is 4.34. The van der Waals surface area contributed by atoms with E-state index < -0.39 is 0 Å². The first-order chi connectivity index (χ1) is 13.4. The van der Waals surface area contributed by atoms with E-state index in [1.165, 1.54) is 12.4 Å². The van der Waals surface area contributed by atoms with Gasteiger partial charge in [0.15, 0.2) is 0 Å². The molecule has 0 bridgehead atoms. The topological polar surface area (TPSA) is 101 Å². The van der Waals surface area contributed by atoms with Gasteiger partial charge in [0.2, 0.25) is 0 Å². The number of aryl methyl sites for hydroxylation is 2. The van der Waals surface area contributed by atoms with Crippen LogP contribution in [0.3, 0.4) is 0 Å². The van der Waals surface area contributed by atoms with Crippen LogP contribution in [0.4, 0.5) is 0 Å². The molecule has 8 nitrogen and oxygen atoms in total. The first-order valence-corrected chi connectivity index (χ1v) is 9.57. The van der Waals surface area contributed by atoms with Crippen LogP contribution in [0.5, 0.6) is 0 Å². The van der Waals surface area contributed by atoms with E-state index in [2.05, 4.69) is 25.7 Å². The molecule has 2 heterocycles. The number of nitrogens with zero attached hydrogens (tertiary/aromatic N) is 5. The smallest absolute Gasteiger partial charge is 0.255 e. The van der Waals surface area contributed by atoms with Crippen LogP contribution in [0.15, 0.2) is 24.5 Å². The zero-order valence-corrected chi connectivity index (χ0v) is 16.6. The minimum absolute atomic E-state index is 0.0333. The third-order valence-corrected chi connectivity index (χ3v) is 5.12. The van der Waals surface area contributed by atoms with Crippen LogP contribution in [0, 0.1) is 19.8 Å². The van der Waals surface area contributed by atoms with Crippen LogP contribution in [0.2, 0.25) is 0 Å². The highest BCUT2D eigenvalue weighted by Crippen LogP contribution is 2.25. The Labute approximate surface area is 164 Å². The van der Waals surface area contributed by atoms with Gasteiger partial charge < -0.3 is 10.2 Å². The molecule has 8 heteroatoms. The van der Waals surface area contributed by atoms with E-state index in [1.54, 1.807) is 17.0 Å². The van der Waals surface area contributed by atoms with Gasteiger partial charge in [0, 0.05) is 19.6 Å². The Bertz CT molecular complexity index is 848. The van der Waals surface area contributed by atoms with Gasteiger partial charge in [0.1, 0.15) is 0 Å². The third kappa shape index (κ3) is 5.09. The molecule has 0 aromatic carbocycles. The van der Waals surface area contributed by atoms with Crippen LogP contribution in [-0.4, -0.2) is 56.7 Å². The second-order valence-corrected chi connectivity index (χ2v) is 7.55. The summed E-state index contributed by atoms with van der Waals surface area (Å²) in [7, 11) is 1.82. The molecule has 0 spiro atoms. The maximum absolute atomic E-state index is 12.6. The Morgan fingerprint density at radius 3 is 2.18 bits per heavy atom. The Morgan fingerprint density at radius 1 is 1.00 bits per heavy atom. The molecule has 0 unspecified atom stereocenters. The van der Waals surface area contributed by atoms with E-state index in [0.717, 1.165) is 37.1 Å². The monoisotopic (exact) mass is 382 g/mol. The Hall–Kier alpha value is -2.90. The van der Waals surface area contributed by atoms with E-state index in [4.69, 9.17) is 0 Å². The highest BCUT2D eigenvalue weighted by molar-refractivity contribution is 5.94. The molecule has 3 rings (SSSR count). The molecule has 1 aliphatic carbocycles. The average Bonchev–Trinajstić information content (AvgIpc) is 2.69. The van der Waals surface area contributed by atoms with Gasteiger partial charge in [0.05, 0.1) is 34.9 Å². The minimum atomic E-state index is -0.102. The van der Waals surface area contributed by atoms with Gasteiger partial charge >= 0.3 is 0 Å². The maximum Gasteiger partial charge on any atom is 0.255 e. The summed E-state index contributed by atoms with van der Waals surface area (Å²) in [5, 5.41) is 18.5. The van der Waals surface area contributed by atoms with Crippen molar-refractivity contribution in [3.63, 3.8) is 0 Å². The summed E-state index contributed by atoms with van der Waals surface area (Å²) in [6, 6.07) is 3.66.